The summed E-state index contributed by atoms with van der Waals surface area (Å²) in [5, 5.41) is 16.8. The fraction of sp³-hybridized carbons (Fsp3) is 0.258. The van der Waals surface area contributed by atoms with Gasteiger partial charge in [-0.2, -0.15) is 0 Å². The van der Waals surface area contributed by atoms with Crippen LogP contribution in [-0.4, -0.2) is 19.7 Å². The summed E-state index contributed by atoms with van der Waals surface area (Å²) >= 11 is 0. The van der Waals surface area contributed by atoms with Crippen LogP contribution in [0.4, 0.5) is 5.69 Å². The van der Waals surface area contributed by atoms with E-state index in [0.29, 0.717) is 41.0 Å². The third-order valence-electron chi connectivity index (χ3n) is 14.7. The van der Waals surface area contributed by atoms with Crippen LogP contribution < -0.4 is 5.32 Å². The molecule has 5 nitrogen and oxygen atoms in total. The Morgan fingerprint density at radius 3 is 2.25 bits per heavy atom. The maximum atomic E-state index is 9.57. The van der Waals surface area contributed by atoms with E-state index >= 15 is 0 Å². The first-order chi connectivity index (χ1) is 34.7. The van der Waals surface area contributed by atoms with E-state index in [9.17, 15) is 5.41 Å². The van der Waals surface area contributed by atoms with Crippen LogP contribution in [0.3, 0.4) is 0 Å². The van der Waals surface area contributed by atoms with E-state index in [-0.39, 0.29) is 0 Å². The normalized spacial score (nSPS) is 14.5. The third kappa shape index (κ3) is 11.0. The molecule has 0 spiro atoms. The van der Waals surface area contributed by atoms with Gasteiger partial charge in [0, 0.05) is 72.8 Å². The summed E-state index contributed by atoms with van der Waals surface area (Å²) in [6.07, 6.45) is 26.8. The van der Waals surface area contributed by atoms with Crippen LogP contribution in [-0.2, 0) is 6.42 Å². The minimum absolute atomic E-state index is 0.323. The van der Waals surface area contributed by atoms with Gasteiger partial charge in [0.25, 0.3) is 0 Å². The number of hydrogen-bond donors (Lipinski definition) is 2. The zero-order valence-electron chi connectivity index (χ0n) is 42.3. The number of benzene rings is 5. The standard InChI is InChI=1S/C66H73N5/c1-9-13-31-52(44-51-40-42-64-59(45-51)56-34-22-25-38-62(56)71(64)55-32-19-16-20-33-55)47(5)29-17-14-15-18-30-49(7)69(48(6)12-4)50(8)68-61-37-24-21-36-58(61)66(67)53-41-43-65-60(46-53)57-35-23-26-39-63(57)70(65)54(27-10-2)28-11-3/h9-10,12-13,16,19-26,31-43,46-47,51-52,54,67-68H,1-2,4,6-8,11,14-15,17-18,27-30,44-45H2,3,5H3/b31-13-,67-66?/t47?,51-,52+,54-/m1/s1. The molecule has 2 aromatic heterocycles. The number of rotatable bonds is 26. The number of allylic oxidation sites excluding steroid dienone is 7. The Balaban J connectivity index is 0.867. The summed E-state index contributed by atoms with van der Waals surface area (Å²) in [6, 6.07) is 43.0. The Morgan fingerprint density at radius 1 is 0.789 bits per heavy atom. The van der Waals surface area contributed by atoms with Crippen molar-refractivity contribution in [3.63, 3.8) is 0 Å². The maximum absolute atomic E-state index is 9.57. The monoisotopic (exact) mass is 936 g/mol. The second kappa shape index (κ2) is 23.5. The van der Waals surface area contributed by atoms with Crippen LogP contribution in [0.2, 0.25) is 0 Å². The van der Waals surface area contributed by atoms with E-state index in [1.807, 2.05) is 41.3 Å². The van der Waals surface area contributed by atoms with E-state index in [1.165, 1.54) is 63.5 Å². The highest BCUT2D eigenvalue weighted by atomic mass is 15.3. The smallest absolute Gasteiger partial charge is 0.107 e. The number of nitrogens with zero attached hydrogens (tertiary/aromatic N) is 3. The number of nitrogens with one attached hydrogen (secondary N) is 2. The van der Waals surface area contributed by atoms with Crippen molar-refractivity contribution in [3.05, 3.63) is 237 Å². The molecule has 1 aliphatic carbocycles. The summed E-state index contributed by atoms with van der Waals surface area (Å²) in [5.74, 6) is 2.13. The molecule has 0 saturated carbocycles. The average Bonchev–Trinajstić information content (AvgIpc) is 3.90. The lowest BCUT2D eigenvalue weighted by Crippen LogP contribution is -2.24. The van der Waals surface area contributed by atoms with Crippen LogP contribution in [0.25, 0.3) is 44.5 Å². The zero-order chi connectivity index (χ0) is 49.9. The molecule has 1 unspecified atom stereocenters. The molecule has 0 fully saturated rings. The third-order valence-corrected chi connectivity index (χ3v) is 14.7. The Bertz CT molecular complexity index is 3130. The molecule has 0 radical (unpaired) electrons. The number of hydrogen-bond acceptors (Lipinski definition) is 3. The second-order valence-electron chi connectivity index (χ2n) is 19.5. The Labute approximate surface area is 423 Å². The van der Waals surface area contributed by atoms with Gasteiger partial charge >= 0.3 is 0 Å². The molecule has 2 heterocycles. The molecule has 7 aromatic rings. The summed E-state index contributed by atoms with van der Waals surface area (Å²) in [7, 11) is 0. The Kier molecular flexibility index (Phi) is 16.6. The van der Waals surface area contributed by atoms with Gasteiger partial charge in [0.15, 0.2) is 0 Å². The summed E-state index contributed by atoms with van der Waals surface area (Å²) in [4.78, 5) is 1.98. The van der Waals surface area contributed by atoms with Gasteiger partial charge in [-0.15, -0.1) is 6.58 Å². The van der Waals surface area contributed by atoms with Gasteiger partial charge < -0.3 is 19.4 Å². The summed E-state index contributed by atoms with van der Waals surface area (Å²) in [6.45, 7) is 30.2. The van der Waals surface area contributed by atoms with Crippen molar-refractivity contribution in [2.24, 2.45) is 17.8 Å². The quantitative estimate of drug-likeness (QED) is 0.0246. The molecule has 4 atom stereocenters. The van der Waals surface area contributed by atoms with Crippen molar-refractivity contribution in [3.8, 4) is 5.69 Å². The first kappa shape index (κ1) is 50.0. The van der Waals surface area contributed by atoms with Crippen molar-refractivity contribution in [1.29, 1.82) is 5.41 Å². The number of fused-ring (bicyclic) bond motifs is 6. The molecule has 0 amide bonds. The van der Waals surface area contributed by atoms with Crippen molar-refractivity contribution in [2.45, 2.75) is 90.5 Å². The van der Waals surface area contributed by atoms with Gasteiger partial charge in [-0.1, -0.05) is 188 Å². The van der Waals surface area contributed by atoms with Crippen molar-refractivity contribution in [1.82, 2.24) is 14.0 Å². The van der Waals surface area contributed by atoms with Gasteiger partial charge in [0.05, 0.1) is 11.2 Å². The van der Waals surface area contributed by atoms with E-state index < -0.39 is 0 Å². The van der Waals surface area contributed by atoms with Crippen molar-refractivity contribution in [2.75, 3.05) is 5.32 Å². The molecular weight excluding hydrogens is 863 g/mol. The SMILES string of the molecule is C=C/C=C\[C@@H](C[C@H]1C=Cc2c(c3ccccc3n2-c2ccccc2)C1)C(C)CCCCCCC(=C)N(C(=C)C=C)C(=C)Nc1ccccc1C(=N)c1ccc2c(c1)c1ccccc1n2[C@H](CC=C)CCC. The predicted molar refractivity (Wildman–Crippen MR) is 307 cm³/mol. The lowest BCUT2D eigenvalue weighted by atomic mass is 9.79. The molecule has 362 valence electrons. The highest BCUT2D eigenvalue weighted by Crippen LogP contribution is 2.40. The molecule has 8 rings (SSSR count). The second-order valence-corrected chi connectivity index (χ2v) is 19.5. The fourth-order valence-corrected chi connectivity index (χ4v) is 11.1. The molecule has 5 heteroatoms. The highest BCUT2D eigenvalue weighted by Gasteiger charge is 2.26. The lowest BCUT2D eigenvalue weighted by Gasteiger charge is -2.30. The zero-order valence-corrected chi connectivity index (χ0v) is 42.3. The minimum Gasteiger partial charge on any atom is -0.341 e. The highest BCUT2D eigenvalue weighted by molar-refractivity contribution is 6.17. The summed E-state index contributed by atoms with van der Waals surface area (Å²) in [5.41, 5.74) is 12.2. The number of unbranched alkanes of at least 4 members (excludes halogenated alkanes) is 3. The van der Waals surface area contributed by atoms with Crippen LogP contribution in [0.5, 0.6) is 0 Å². The van der Waals surface area contributed by atoms with Crippen LogP contribution in [0, 0.1) is 23.2 Å². The average molecular weight is 936 g/mol. The Hall–Kier alpha value is -7.37. The fourth-order valence-electron chi connectivity index (χ4n) is 11.1. The molecular formula is C66H73N5. The van der Waals surface area contributed by atoms with Crippen molar-refractivity contribution < 1.29 is 0 Å². The van der Waals surface area contributed by atoms with Gasteiger partial charge in [0.1, 0.15) is 5.82 Å². The van der Waals surface area contributed by atoms with Crippen LogP contribution in [0.1, 0.15) is 106 Å². The topological polar surface area (TPSA) is 49.0 Å². The lowest BCUT2D eigenvalue weighted by molar-refractivity contribution is 0.333. The number of aromatic nitrogens is 2. The van der Waals surface area contributed by atoms with Gasteiger partial charge in [0.2, 0.25) is 0 Å². The predicted octanol–water partition coefficient (Wildman–Crippen LogP) is 18.1. The molecule has 1 aliphatic rings. The minimum atomic E-state index is 0.323. The van der Waals surface area contributed by atoms with Crippen LogP contribution >= 0.6 is 0 Å². The van der Waals surface area contributed by atoms with E-state index in [2.05, 4.69) is 189 Å². The van der Waals surface area contributed by atoms with Gasteiger partial charge in [-0.3, -0.25) is 5.41 Å². The number of anilines is 1. The van der Waals surface area contributed by atoms with E-state index in [4.69, 9.17) is 0 Å². The maximum Gasteiger partial charge on any atom is 0.107 e. The number of para-hydroxylation sites is 4. The van der Waals surface area contributed by atoms with Gasteiger partial charge in [-0.25, -0.2) is 0 Å². The van der Waals surface area contributed by atoms with Crippen molar-refractivity contribution >= 4 is 50.2 Å². The van der Waals surface area contributed by atoms with Crippen LogP contribution in [0.15, 0.2) is 214 Å². The summed E-state index contributed by atoms with van der Waals surface area (Å²) < 4.78 is 4.91. The first-order valence-electron chi connectivity index (χ1n) is 25.9. The molecule has 0 aliphatic heterocycles. The molecule has 0 saturated heterocycles. The first-order valence-corrected chi connectivity index (χ1v) is 25.9. The van der Waals surface area contributed by atoms with E-state index in [1.54, 1.807) is 6.08 Å². The Morgan fingerprint density at radius 2 is 1.49 bits per heavy atom. The molecule has 71 heavy (non-hydrogen) atoms. The largest absolute Gasteiger partial charge is 0.341 e. The molecule has 0 bridgehead atoms. The molecule has 5 aromatic carbocycles. The molecule has 2 N–H and O–H groups in total. The van der Waals surface area contributed by atoms with Gasteiger partial charge in [-0.05, 0) is 116 Å². The van der Waals surface area contributed by atoms with E-state index in [0.717, 1.165) is 79.3 Å².